The third-order valence-electron chi connectivity index (χ3n) is 5.42. The number of likely N-dealkylation sites (tertiary alicyclic amines) is 1. The summed E-state index contributed by atoms with van der Waals surface area (Å²) in [7, 11) is 4.36. The number of aryl methyl sites for hydroxylation is 1. The molecule has 1 aliphatic heterocycles. The SMILES string of the molecule is Cc1cccc(C(c2sc3ncnn3c2O)N(C)C2CCN(C)CC2)c1. The number of piperidine rings is 1. The van der Waals surface area contributed by atoms with E-state index in [0.717, 1.165) is 35.8 Å². The van der Waals surface area contributed by atoms with Crippen LogP contribution in [0.5, 0.6) is 5.88 Å². The van der Waals surface area contributed by atoms with E-state index in [2.05, 4.69) is 65.2 Å². The van der Waals surface area contributed by atoms with Gasteiger partial charge in [0.15, 0.2) is 0 Å². The van der Waals surface area contributed by atoms with E-state index < -0.39 is 0 Å². The van der Waals surface area contributed by atoms with Crippen molar-refractivity contribution < 1.29 is 5.11 Å². The van der Waals surface area contributed by atoms with Gasteiger partial charge in [0.1, 0.15) is 6.33 Å². The molecule has 1 atom stereocenters. The lowest BCUT2D eigenvalue weighted by atomic mass is 9.97. The number of hydrogen-bond donors (Lipinski definition) is 1. The summed E-state index contributed by atoms with van der Waals surface area (Å²) in [5.74, 6) is 0.203. The van der Waals surface area contributed by atoms with Crippen LogP contribution in [-0.2, 0) is 0 Å². The number of aromatic hydroxyl groups is 1. The van der Waals surface area contributed by atoms with Crippen LogP contribution in [0.3, 0.4) is 0 Å². The van der Waals surface area contributed by atoms with Gasteiger partial charge in [0.2, 0.25) is 10.8 Å². The minimum atomic E-state index is -0.00296. The second-order valence-electron chi connectivity index (χ2n) is 7.26. The van der Waals surface area contributed by atoms with Crippen molar-refractivity contribution in [3.8, 4) is 5.88 Å². The van der Waals surface area contributed by atoms with E-state index in [1.54, 1.807) is 0 Å². The fraction of sp³-hybridized carbons (Fsp3) is 0.474. The van der Waals surface area contributed by atoms with Crippen LogP contribution in [0, 0.1) is 6.92 Å². The van der Waals surface area contributed by atoms with Gasteiger partial charge in [-0.25, -0.2) is 4.98 Å². The molecule has 0 radical (unpaired) electrons. The molecule has 1 N–H and O–H groups in total. The molecule has 1 unspecified atom stereocenters. The monoisotopic (exact) mass is 371 g/mol. The Morgan fingerprint density at radius 3 is 2.77 bits per heavy atom. The Morgan fingerprint density at radius 1 is 1.31 bits per heavy atom. The maximum atomic E-state index is 10.8. The summed E-state index contributed by atoms with van der Waals surface area (Å²) in [4.78, 5) is 10.7. The zero-order valence-corrected chi connectivity index (χ0v) is 16.3. The lowest BCUT2D eigenvalue weighted by Crippen LogP contribution is -2.43. The van der Waals surface area contributed by atoms with Crippen LogP contribution >= 0.6 is 11.3 Å². The minimum absolute atomic E-state index is 0.00296. The molecule has 1 aliphatic rings. The lowest BCUT2D eigenvalue weighted by Gasteiger charge is -2.39. The van der Waals surface area contributed by atoms with E-state index >= 15 is 0 Å². The highest BCUT2D eigenvalue weighted by atomic mass is 32.1. The quantitative estimate of drug-likeness (QED) is 0.764. The molecule has 26 heavy (non-hydrogen) atoms. The predicted octanol–water partition coefficient (Wildman–Crippen LogP) is 2.92. The van der Waals surface area contributed by atoms with Crippen LogP contribution in [0.25, 0.3) is 4.96 Å². The van der Waals surface area contributed by atoms with E-state index in [0.29, 0.717) is 6.04 Å². The standard InChI is InChI=1S/C19H25N5OS/c1-13-5-4-6-14(11-13)16(23(3)15-7-9-22(2)10-8-15)17-18(25)24-19(26-17)20-12-21-24/h4-6,11-12,15-16,25H,7-10H2,1-3H3. The van der Waals surface area contributed by atoms with Gasteiger partial charge in [0, 0.05) is 6.04 Å². The predicted molar refractivity (Wildman–Crippen MR) is 104 cm³/mol. The maximum Gasteiger partial charge on any atom is 0.230 e. The van der Waals surface area contributed by atoms with Crippen molar-refractivity contribution in [1.82, 2.24) is 24.4 Å². The number of aromatic nitrogens is 3. The minimum Gasteiger partial charge on any atom is -0.492 e. The summed E-state index contributed by atoms with van der Waals surface area (Å²) in [6.07, 6.45) is 3.76. The van der Waals surface area contributed by atoms with Gasteiger partial charge in [-0.2, -0.15) is 9.61 Å². The highest BCUT2D eigenvalue weighted by Crippen LogP contribution is 2.40. The molecule has 3 heterocycles. The van der Waals surface area contributed by atoms with Crippen LogP contribution in [0.2, 0.25) is 0 Å². The van der Waals surface area contributed by atoms with Gasteiger partial charge < -0.3 is 10.0 Å². The highest BCUT2D eigenvalue weighted by molar-refractivity contribution is 7.17. The van der Waals surface area contributed by atoms with Crippen molar-refractivity contribution in [3.63, 3.8) is 0 Å². The summed E-state index contributed by atoms with van der Waals surface area (Å²) >= 11 is 1.52. The van der Waals surface area contributed by atoms with Gasteiger partial charge >= 0.3 is 0 Å². The van der Waals surface area contributed by atoms with Gasteiger partial charge in [-0.3, -0.25) is 4.90 Å². The van der Waals surface area contributed by atoms with Crippen molar-refractivity contribution in [2.45, 2.75) is 31.8 Å². The number of benzene rings is 1. The first-order valence-electron chi connectivity index (χ1n) is 9.03. The fourth-order valence-electron chi connectivity index (χ4n) is 3.90. The Labute approximate surface area is 157 Å². The van der Waals surface area contributed by atoms with Gasteiger partial charge in [-0.05, 0) is 52.5 Å². The van der Waals surface area contributed by atoms with Crippen LogP contribution in [0.4, 0.5) is 0 Å². The fourth-order valence-corrected chi connectivity index (χ4v) is 5.01. The number of thiazole rings is 1. The molecular formula is C19H25N5OS. The Morgan fingerprint density at radius 2 is 2.08 bits per heavy atom. The summed E-state index contributed by atoms with van der Waals surface area (Å²) in [5.41, 5.74) is 2.43. The van der Waals surface area contributed by atoms with Crippen molar-refractivity contribution >= 4 is 16.3 Å². The smallest absolute Gasteiger partial charge is 0.230 e. The molecule has 2 aromatic heterocycles. The first kappa shape index (κ1) is 17.5. The molecule has 4 rings (SSSR count). The van der Waals surface area contributed by atoms with Crippen LogP contribution in [0.1, 0.15) is 34.9 Å². The second kappa shape index (κ2) is 6.98. The molecule has 1 fully saturated rings. The van der Waals surface area contributed by atoms with Crippen molar-refractivity contribution in [2.75, 3.05) is 27.2 Å². The molecule has 138 valence electrons. The molecule has 1 saturated heterocycles. The van der Waals surface area contributed by atoms with Gasteiger partial charge in [-0.1, -0.05) is 41.2 Å². The molecule has 1 aromatic carbocycles. The summed E-state index contributed by atoms with van der Waals surface area (Å²) < 4.78 is 1.53. The number of nitrogens with zero attached hydrogens (tertiary/aromatic N) is 5. The Hall–Kier alpha value is -1.96. The normalized spacial score (nSPS) is 18.0. The van der Waals surface area contributed by atoms with E-state index in [-0.39, 0.29) is 11.9 Å². The molecule has 3 aromatic rings. The molecule has 0 saturated carbocycles. The van der Waals surface area contributed by atoms with E-state index in [1.807, 2.05) is 0 Å². The zero-order chi connectivity index (χ0) is 18.3. The van der Waals surface area contributed by atoms with Gasteiger partial charge in [0.05, 0.1) is 10.9 Å². The third-order valence-corrected chi connectivity index (χ3v) is 6.50. The number of fused-ring (bicyclic) bond motifs is 1. The topological polar surface area (TPSA) is 56.9 Å². The molecule has 0 spiro atoms. The average Bonchev–Trinajstić information content (AvgIpc) is 3.20. The first-order valence-corrected chi connectivity index (χ1v) is 9.84. The van der Waals surface area contributed by atoms with Crippen molar-refractivity contribution in [3.05, 3.63) is 46.6 Å². The Bertz CT molecular complexity index is 896. The lowest BCUT2D eigenvalue weighted by molar-refractivity contribution is 0.121. The second-order valence-corrected chi connectivity index (χ2v) is 8.27. The molecule has 0 amide bonds. The number of hydrogen-bond acceptors (Lipinski definition) is 6. The van der Waals surface area contributed by atoms with Crippen LogP contribution in [0.15, 0.2) is 30.6 Å². The first-order chi connectivity index (χ1) is 12.5. The van der Waals surface area contributed by atoms with Gasteiger partial charge in [0.25, 0.3) is 0 Å². The van der Waals surface area contributed by atoms with E-state index in [4.69, 9.17) is 0 Å². The largest absolute Gasteiger partial charge is 0.492 e. The third kappa shape index (κ3) is 3.11. The van der Waals surface area contributed by atoms with Gasteiger partial charge in [-0.15, -0.1) is 0 Å². The molecule has 6 nitrogen and oxygen atoms in total. The Balaban J connectivity index is 1.76. The van der Waals surface area contributed by atoms with Crippen LogP contribution < -0.4 is 0 Å². The van der Waals surface area contributed by atoms with E-state index in [9.17, 15) is 5.11 Å². The Kier molecular flexibility index (Phi) is 4.69. The molecular weight excluding hydrogens is 346 g/mol. The summed E-state index contributed by atoms with van der Waals surface area (Å²) in [5, 5.41) is 15.0. The number of rotatable bonds is 4. The van der Waals surface area contributed by atoms with Crippen molar-refractivity contribution in [2.24, 2.45) is 0 Å². The highest BCUT2D eigenvalue weighted by Gasteiger charge is 2.32. The molecule has 7 heteroatoms. The summed E-state index contributed by atoms with van der Waals surface area (Å²) in [6, 6.07) is 9.05. The maximum absolute atomic E-state index is 10.8. The molecule has 0 aliphatic carbocycles. The molecule has 0 bridgehead atoms. The van der Waals surface area contributed by atoms with Crippen LogP contribution in [-0.4, -0.2) is 62.7 Å². The zero-order valence-electron chi connectivity index (χ0n) is 15.5. The average molecular weight is 372 g/mol. The van der Waals surface area contributed by atoms with E-state index in [1.165, 1.54) is 33.3 Å². The van der Waals surface area contributed by atoms with Crippen molar-refractivity contribution in [1.29, 1.82) is 0 Å². The summed E-state index contributed by atoms with van der Waals surface area (Å²) in [6.45, 7) is 4.33.